The number of nitriles is 1. The summed E-state index contributed by atoms with van der Waals surface area (Å²) in [6.45, 7) is 0. The molecule has 0 aliphatic carbocycles. The fourth-order valence-corrected chi connectivity index (χ4v) is 11.3. The van der Waals surface area contributed by atoms with Gasteiger partial charge >= 0.3 is 5.97 Å². The third-order valence-corrected chi connectivity index (χ3v) is 14.9. The molecule has 0 atom stereocenters. The molecule has 0 spiro atoms. The first-order chi connectivity index (χ1) is 35.0. The second-order valence-corrected chi connectivity index (χ2v) is 19.1. The largest absolute Gasteiger partial charge is 0.477 e. The fourth-order valence-electron chi connectivity index (χ4n) is 8.70. The molecular weight excluding hydrogens is 933 g/mol. The minimum atomic E-state index is -1.24. The van der Waals surface area contributed by atoms with E-state index in [-0.39, 0.29) is 5.57 Å². The number of thiophene rings is 2. The molecule has 11 heteroatoms. The molecule has 0 saturated carbocycles. The summed E-state index contributed by atoms with van der Waals surface area (Å²) in [5, 5.41) is 18.6. The van der Waals surface area contributed by atoms with Gasteiger partial charge in [0.15, 0.2) is 0 Å². The lowest BCUT2D eigenvalue weighted by Crippen LogP contribution is -2.13. The van der Waals surface area contributed by atoms with Crippen molar-refractivity contribution >= 4 is 109 Å². The summed E-state index contributed by atoms with van der Waals surface area (Å²) < 4.78 is 9.62. The standard InChI is InChI=1S/C60H40N6O2S3/c61-40-42(60(67)68)39-52-33-36-56(69-52)57-38-37-55(70-57)54-35-34-53(58-59(54)63-71-62-58)41-21-23-47(24-22-41)66(50-29-25-48(26-30-50)64(43-13-5-1-6-14-43)44-15-7-2-8-16-44)51-31-27-49(28-32-51)65(45-17-9-3-10-18-45)46-19-11-4-12-20-46/h1-39H,(H,67,68)/b42-39+. The van der Waals surface area contributed by atoms with Gasteiger partial charge in [0.1, 0.15) is 22.7 Å². The van der Waals surface area contributed by atoms with Gasteiger partial charge in [-0.15, -0.1) is 22.7 Å². The van der Waals surface area contributed by atoms with E-state index in [4.69, 9.17) is 8.75 Å². The number of carboxylic acid groups (broad SMARTS) is 1. The van der Waals surface area contributed by atoms with Gasteiger partial charge in [0, 0.05) is 81.8 Å². The highest BCUT2D eigenvalue weighted by molar-refractivity contribution is 7.24. The Balaban J connectivity index is 0.939. The van der Waals surface area contributed by atoms with Crippen LogP contribution in [0, 0.1) is 11.3 Å². The Morgan fingerprint density at radius 3 is 1.20 bits per heavy atom. The molecule has 0 radical (unpaired) electrons. The summed E-state index contributed by atoms with van der Waals surface area (Å²) in [6.07, 6.45) is 1.41. The molecule has 0 amide bonds. The molecule has 0 aliphatic heterocycles. The quantitative estimate of drug-likeness (QED) is 0.0850. The number of aromatic nitrogens is 2. The molecule has 11 aromatic rings. The average Bonchev–Trinajstić information content (AvgIpc) is 4.23. The van der Waals surface area contributed by atoms with Crippen molar-refractivity contribution < 1.29 is 9.90 Å². The van der Waals surface area contributed by atoms with Crippen LogP contribution in [-0.2, 0) is 4.79 Å². The molecule has 3 heterocycles. The molecule has 11 rings (SSSR count). The summed E-state index contributed by atoms with van der Waals surface area (Å²) in [5.74, 6) is -1.24. The van der Waals surface area contributed by atoms with E-state index in [0.29, 0.717) is 4.88 Å². The van der Waals surface area contributed by atoms with Crippen LogP contribution in [0.2, 0.25) is 0 Å². The van der Waals surface area contributed by atoms with Crippen molar-refractivity contribution in [3.05, 3.63) is 241 Å². The first kappa shape index (κ1) is 44.6. The monoisotopic (exact) mass is 972 g/mol. The molecule has 1 N–H and O–H groups in total. The van der Waals surface area contributed by atoms with E-state index in [1.165, 1.54) is 29.1 Å². The number of fused-ring (bicyclic) bond motifs is 1. The van der Waals surface area contributed by atoms with Gasteiger partial charge in [0.25, 0.3) is 0 Å². The fraction of sp³-hybridized carbons (Fsp3) is 0. The summed E-state index contributed by atoms with van der Waals surface area (Å²) in [7, 11) is 0. The molecule has 3 aromatic heterocycles. The molecular formula is C60H40N6O2S3. The van der Waals surface area contributed by atoms with Crippen LogP contribution in [-0.4, -0.2) is 19.8 Å². The average molecular weight is 973 g/mol. The Morgan fingerprint density at radius 1 is 0.423 bits per heavy atom. The lowest BCUT2D eigenvalue weighted by Gasteiger charge is -2.29. The Labute approximate surface area is 423 Å². The topological polar surface area (TPSA) is 96.6 Å². The van der Waals surface area contributed by atoms with Gasteiger partial charge < -0.3 is 19.8 Å². The Hall–Kier alpha value is -8.92. The number of rotatable bonds is 14. The molecule has 8 aromatic carbocycles. The normalized spacial score (nSPS) is 11.3. The Morgan fingerprint density at radius 2 is 0.775 bits per heavy atom. The highest BCUT2D eigenvalue weighted by Crippen LogP contribution is 2.44. The number of hydrogen-bond acceptors (Lipinski definition) is 10. The maximum atomic E-state index is 11.4. The predicted molar refractivity (Wildman–Crippen MR) is 295 cm³/mol. The molecule has 0 bridgehead atoms. The Kier molecular flexibility index (Phi) is 12.5. The van der Waals surface area contributed by atoms with Crippen molar-refractivity contribution in [2.24, 2.45) is 0 Å². The third kappa shape index (κ3) is 9.22. The van der Waals surface area contributed by atoms with Gasteiger partial charge in [-0.3, -0.25) is 0 Å². The molecule has 8 nitrogen and oxygen atoms in total. The van der Waals surface area contributed by atoms with E-state index >= 15 is 0 Å². The van der Waals surface area contributed by atoms with Crippen LogP contribution in [0.4, 0.5) is 51.2 Å². The summed E-state index contributed by atoms with van der Waals surface area (Å²) >= 11 is 4.29. The second-order valence-electron chi connectivity index (χ2n) is 16.4. The summed E-state index contributed by atoms with van der Waals surface area (Å²) in [6, 6.07) is 81.9. The zero-order valence-corrected chi connectivity index (χ0v) is 40.2. The molecule has 71 heavy (non-hydrogen) atoms. The van der Waals surface area contributed by atoms with Crippen molar-refractivity contribution in [3.63, 3.8) is 0 Å². The van der Waals surface area contributed by atoms with Crippen LogP contribution in [0.1, 0.15) is 4.88 Å². The van der Waals surface area contributed by atoms with Crippen LogP contribution in [0.15, 0.2) is 236 Å². The highest BCUT2D eigenvalue weighted by atomic mass is 32.1. The van der Waals surface area contributed by atoms with Gasteiger partial charge in [-0.25, -0.2) is 4.79 Å². The maximum absolute atomic E-state index is 11.4. The van der Waals surface area contributed by atoms with Crippen molar-refractivity contribution in [1.29, 1.82) is 5.26 Å². The van der Waals surface area contributed by atoms with E-state index in [2.05, 4.69) is 209 Å². The summed E-state index contributed by atoms with van der Waals surface area (Å²) in [4.78, 5) is 22.0. The zero-order chi connectivity index (χ0) is 48.1. The minimum absolute atomic E-state index is 0.295. The highest BCUT2D eigenvalue weighted by Gasteiger charge is 2.20. The number of nitrogens with zero attached hydrogens (tertiary/aromatic N) is 6. The van der Waals surface area contributed by atoms with Gasteiger partial charge in [-0.2, -0.15) is 14.0 Å². The van der Waals surface area contributed by atoms with Gasteiger partial charge in [0.2, 0.25) is 0 Å². The second kappa shape index (κ2) is 20.0. The number of carbonyl (C=O) groups is 1. The van der Waals surface area contributed by atoms with Gasteiger partial charge in [-0.1, -0.05) is 97.1 Å². The van der Waals surface area contributed by atoms with Crippen LogP contribution in [0.5, 0.6) is 0 Å². The van der Waals surface area contributed by atoms with Crippen LogP contribution >= 0.6 is 34.4 Å². The van der Waals surface area contributed by atoms with Gasteiger partial charge in [0.05, 0.1) is 11.7 Å². The van der Waals surface area contributed by atoms with E-state index < -0.39 is 5.97 Å². The molecule has 340 valence electrons. The van der Waals surface area contributed by atoms with Crippen molar-refractivity contribution in [2.45, 2.75) is 0 Å². The first-order valence-electron chi connectivity index (χ1n) is 22.7. The minimum Gasteiger partial charge on any atom is -0.477 e. The number of benzene rings is 8. The van der Waals surface area contributed by atoms with Crippen LogP contribution in [0.25, 0.3) is 48.4 Å². The van der Waals surface area contributed by atoms with Crippen LogP contribution < -0.4 is 14.7 Å². The summed E-state index contributed by atoms with van der Waals surface area (Å²) in [5.41, 5.74) is 13.8. The number of para-hydroxylation sites is 4. The number of aliphatic carboxylic acids is 1. The van der Waals surface area contributed by atoms with E-state index in [1.54, 1.807) is 17.4 Å². The van der Waals surface area contributed by atoms with E-state index in [9.17, 15) is 15.2 Å². The van der Waals surface area contributed by atoms with Crippen molar-refractivity contribution in [3.8, 4) is 37.4 Å². The molecule has 0 saturated heterocycles. The predicted octanol–water partition coefficient (Wildman–Crippen LogP) is 17.2. The van der Waals surface area contributed by atoms with E-state index in [0.717, 1.165) is 93.5 Å². The van der Waals surface area contributed by atoms with Crippen molar-refractivity contribution in [1.82, 2.24) is 8.75 Å². The zero-order valence-electron chi connectivity index (χ0n) is 37.8. The smallest absolute Gasteiger partial charge is 0.346 e. The maximum Gasteiger partial charge on any atom is 0.346 e. The lowest BCUT2D eigenvalue weighted by atomic mass is 10.00. The molecule has 0 fully saturated rings. The van der Waals surface area contributed by atoms with Gasteiger partial charge in [-0.05, 0) is 145 Å². The third-order valence-electron chi connectivity index (χ3n) is 12.0. The van der Waals surface area contributed by atoms with Crippen molar-refractivity contribution in [2.75, 3.05) is 14.7 Å². The first-order valence-corrected chi connectivity index (χ1v) is 25.1. The SMILES string of the molecule is N#C/C(=C\c1ccc(-c2ccc(-c3ccc(-c4ccc(N(c5ccc(N(c6ccccc6)c6ccccc6)cc5)c5ccc(N(c6ccccc6)c6ccccc6)cc5)cc4)c4nsnc34)s2)s1)C(=O)O. The molecule has 0 unspecified atom stereocenters. The molecule has 0 aliphatic rings. The number of carboxylic acids is 1. The van der Waals surface area contributed by atoms with Crippen LogP contribution in [0.3, 0.4) is 0 Å². The number of hydrogen-bond donors (Lipinski definition) is 1. The lowest BCUT2D eigenvalue weighted by molar-refractivity contribution is -0.132. The Bertz CT molecular complexity index is 3480. The van der Waals surface area contributed by atoms with E-state index in [1.807, 2.05) is 36.4 Å². The number of anilines is 9.